The molecular weight excluding hydrogens is 273 g/mol. The van der Waals surface area contributed by atoms with Crippen LogP contribution >= 0.6 is 23.2 Å². The summed E-state index contributed by atoms with van der Waals surface area (Å²) in [5.41, 5.74) is 5.68. The molecule has 0 aliphatic heterocycles. The highest BCUT2D eigenvalue weighted by Gasteiger charge is 2.10. The van der Waals surface area contributed by atoms with Gasteiger partial charge >= 0.3 is 0 Å². The molecule has 0 fully saturated rings. The molecule has 1 heterocycles. The van der Waals surface area contributed by atoms with Crippen molar-refractivity contribution in [2.24, 2.45) is 5.73 Å². The molecule has 92 valence electrons. The number of nitrogen functional groups attached to an aromatic ring is 1. The summed E-state index contributed by atoms with van der Waals surface area (Å²) in [4.78, 5) is 3.98. The monoisotopic (exact) mass is 281 g/mol. The smallest absolute Gasteiger partial charge is 0.156 e. The zero-order valence-electron chi connectivity index (χ0n) is 9.15. The van der Waals surface area contributed by atoms with E-state index in [0.29, 0.717) is 21.5 Å². The Bertz CT molecular complexity index is 602. The summed E-state index contributed by atoms with van der Waals surface area (Å²) in [6, 6.07) is 8.22. The molecule has 0 saturated carbocycles. The quantitative estimate of drug-likeness (QED) is 0.668. The van der Waals surface area contributed by atoms with Gasteiger partial charge < -0.3 is 10.5 Å². The average Bonchev–Trinajstić information content (AvgIpc) is 2.33. The summed E-state index contributed by atoms with van der Waals surface area (Å²) in [5, 5.41) is 8.31. The summed E-state index contributed by atoms with van der Waals surface area (Å²) in [6.45, 7) is 0. The third-order valence-corrected chi connectivity index (χ3v) is 2.67. The number of hydrogen-bond acceptors (Lipinski definition) is 3. The van der Waals surface area contributed by atoms with Crippen molar-refractivity contribution in [3.05, 3.63) is 52.3 Å². The van der Waals surface area contributed by atoms with Crippen molar-refractivity contribution in [1.29, 1.82) is 5.41 Å². The van der Waals surface area contributed by atoms with Crippen molar-refractivity contribution >= 4 is 29.0 Å². The van der Waals surface area contributed by atoms with Gasteiger partial charge in [-0.3, -0.25) is 5.41 Å². The van der Waals surface area contributed by atoms with E-state index in [-0.39, 0.29) is 11.5 Å². The molecule has 0 bridgehead atoms. The molecule has 0 atom stereocenters. The second kappa shape index (κ2) is 5.25. The van der Waals surface area contributed by atoms with Crippen LogP contribution in [0.2, 0.25) is 10.0 Å². The van der Waals surface area contributed by atoms with Crippen LogP contribution in [0.3, 0.4) is 0 Å². The molecule has 0 radical (unpaired) electrons. The molecule has 0 aliphatic rings. The van der Waals surface area contributed by atoms with Gasteiger partial charge in [-0.2, -0.15) is 0 Å². The fourth-order valence-corrected chi connectivity index (χ4v) is 1.80. The summed E-state index contributed by atoms with van der Waals surface area (Å²) < 4.78 is 5.58. The van der Waals surface area contributed by atoms with Gasteiger partial charge in [-0.15, -0.1) is 0 Å². The topological polar surface area (TPSA) is 72.0 Å². The number of nitrogens with one attached hydrogen (secondary N) is 1. The Kier molecular flexibility index (Phi) is 3.69. The van der Waals surface area contributed by atoms with E-state index < -0.39 is 0 Å². The van der Waals surface area contributed by atoms with Crippen LogP contribution in [0, 0.1) is 5.41 Å². The first-order valence-corrected chi connectivity index (χ1v) is 5.76. The van der Waals surface area contributed by atoms with Gasteiger partial charge in [-0.05, 0) is 30.3 Å². The number of rotatable bonds is 3. The van der Waals surface area contributed by atoms with E-state index in [4.69, 9.17) is 39.1 Å². The predicted molar refractivity (Wildman–Crippen MR) is 71.8 cm³/mol. The maximum Gasteiger partial charge on any atom is 0.156 e. The van der Waals surface area contributed by atoms with Crippen molar-refractivity contribution in [2.75, 3.05) is 0 Å². The normalized spacial score (nSPS) is 10.1. The van der Waals surface area contributed by atoms with Crippen LogP contribution in [-0.2, 0) is 0 Å². The average molecular weight is 282 g/mol. The van der Waals surface area contributed by atoms with Crippen LogP contribution in [0.4, 0.5) is 0 Å². The lowest BCUT2D eigenvalue weighted by atomic mass is 10.3. The molecule has 6 heteroatoms. The molecule has 2 rings (SSSR count). The number of nitrogens with zero attached hydrogens (tertiary/aromatic N) is 1. The number of amidine groups is 1. The Morgan fingerprint density at radius 2 is 2.00 bits per heavy atom. The SMILES string of the molecule is N=C(N)c1ncccc1Oc1ccc(Cl)cc1Cl. The maximum atomic E-state index is 7.41. The van der Waals surface area contributed by atoms with Gasteiger partial charge in [0.1, 0.15) is 17.3 Å². The number of ether oxygens (including phenoxy) is 1. The van der Waals surface area contributed by atoms with Crippen molar-refractivity contribution in [2.45, 2.75) is 0 Å². The van der Waals surface area contributed by atoms with Crippen LogP contribution < -0.4 is 10.5 Å². The lowest BCUT2D eigenvalue weighted by molar-refractivity contribution is 0.479. The lowest BCUT2D eigenvalue weighted by Gasteiger charge is -2.10. The zero-order valence-corrected chi connectivity index (χ0v) is 10.7. The lowest BCUT2D eigenvalue weighted by Crippen LogP contribution is -2.14. The predicted octanol–water partition coefficient (Wildman–Crippen LogP) is 3.46. The molecule has 1 aromatic carbocycles. The molecule has 18 heavy (non-hydrogen) atoms. The Morgan fingerprint density at radius 3 is 2.67 bits per heavy atom. The highest BCUT2D eigenvalue weighted by atomic mass is 35.5. The van der Waals surface area contributed by atoms with Crippen LogP contribution in [0.15, 0.2) is 36.5 Å². The van der Waals surface area contributed by atoms with Crippen molar-refractivity contribution in [1.82, 2.24) is 4.98 Å². The molecule has 0 unspecified atom stereocenters. The van der Waals surface area contributed by atoms with E-state index in [9.17, 15) is 0 Å². The molecule has 0 aliphatic carbocycles. The number of aromatic nitrogens is 1. The number of benzene rings is 1. The van der Waals surface area contributed by atoms with Crippen LogP contribution in [-0.4, -0.2) is 10.8 Å². The highest BCUT2D eigenvalue weighted by Crippen LogP contribution is 2.32. The van der Waals surface area contributed by atoms with Gasteiger partial charge in [0.2, 0.25) is 0 Å². The van der Waals surface area contributed by atoms with Gasteiger partial charge in [-0.1, -0.05) is 23.2 Å². The first-order valence-electron chi connectivity index (χ1n) is 5.00. The summed E-state index contributed by atoms with van der Waals surface area (Å²) in [7, 11) is 0. The second-order valence-electron chi connectivity index (χ2n) is 3.44. The fraction of sp³-hybridized carbons (Fsp3) is 0. The largest absolute Gasteiger partial charge is 0.453 e. The number of halogens is 2. The molecule has 4 nitrogen and oxygen atoms in total. The van der Waals surface area contributed by atoms with Gasteiger partial charge in [-0.25, -0.2) is 4.98 Å². The van der Waals surface area contributed by atoms with E-state index in [2.05, 4.69) is 4.98 Å². The molecule has 0 saturated heterocycles. The third-order valence-electron chi connectivity index (χ3n) is 2.14. The summed E-state index contributed by atoms with van der Waals surface area (Å²) in [6.07, 6.45) is 1.53. The minimum absolute atomic E-state index is 0.171. The standard InChI is InChI=1S/C12H9Cl2N3O/c13-7-3-4-9(8(14)6-7)18-10-2-1-5-17-11(10)12(15)16/h1-6H,(H3,15,16). The maximum absolute atomic E-state index is 7.41. The van der Waals surface area contributed by atoms with E-state index in [0.717, 1.165) is 0 Å². The molecule has 2 aromatic rings. The number of nitrogens with two attached hydrogens (primary N) is 1. The minimum atomic E-state index is -0.171. The minimum Gasteiger partial charge on any atom is -0.453 e. The summed E-state index contributed by atoms with van der Waals surface area (Å²) >= 11 is 11.8. The summed E-state index contributed by atoms with van der Waals surface area (Å²) in [5.74, 6) is 0.626. The Labute approximate surface area is 114 Å². The van der Waals surface area contributed by atoms with Crippen molar-refractivity contribution < 1.29 is 4.74 Å². The van der Waals surface area contributed by atoms with Gasteiger partial charge in [0.05, 0.1) is 5.02 Å². The Morgan fingerprint density at radius 1 is 1.22 bits per heavy atom. The Hall–Kier alpha value is -1.78. The molecule has 3 N–H and O–H groups in total. The molecule has 1 aromatic heterocycles. The van der Waals surface area contributed by atoms with E-state index in [1.165, 1.54) is 6.20 Å². The first kappa shape index (κ1) is 12.7. The molecular formula is C12H9Cl2N3O. The Balaban J connectivity index is 2.37. The third kappa shape index (κ3) is 2.72. The van der Waals surface area contributed by atoms with E-state index >= 15 is 0 Å². The van der Waals surface area contributed by atoms with Gasteiger partial charge in [0.25, 0.3) is 0 Å². The van der Waals surface area contributed by atoms with Crippen LogP contribution in [0.5, 0.6) is 11.5 Å². The second-order valence-corrected chi connectivity index (χ2v) is 4.28. The van der Waals surface area contributed by atoms with Gasteiger partial charge in [0, 0.05) is 11.2 Å². The van der Waals surface area contributed by atoms with Crippen LogP contribution in [0.25, 0.3) is 0 Å². The first-order chi connectivity index (χ1) is 8.58. The number of hydrogen-bond donors (Lipinski definition) is 2. The molecule has 0 amide bonds. The van der Waals surface area contributed by atoms with Crippen molar-refractivity contribution in [3.63, 3.8) is 0 Å². The van der Waals surface area contributed by atoms with Gasteiger partial charge in [0.15, 0.2) is 5.75 Å². The zero-order chi connectivity index (χ0) is 13.1. The highest BCUT2D eigenvalue weighted by molar-refractivity contribution is 6.35. The fourth-order valence-electron chi connectivity index (χ4n) is 1.35. The van der Waals surface area contributed by atoms with Crippen LogP contribution in [0.1, 0.15) is 5.69 Å². The van der Waals surface area contributed by atoms with Crippen molar-refractivity contribution in [3.8, 4) is 11.5 Å². The van der Waals surface area contributed by atoms with E-state index in [1.807, 2.05) is 0 Å². The number of pyridine rings is 1. The van der Waals surface area contributed by atoms with E-state index in [1.54, 1.807) is 30.3 Å². The molecule has 0 spiro atoms.